The second-order valence-electron chi connectivity index (χ2n) is 5.39. The molecule has 2 atom stereocenters. The quantitative estimate of drug-likeness (QED) is 0.603. The zero-order valence-corrected chi connectivity index (χ0v) is 13.2. The Morgan fingerprint density at radius 3 is 2.15 bits per heavy atom. The number of carbonyl (C=O) groups excluding carboxylic acids is 1. The van der Waals surface area contributed by atoms with Crippen molar-refractivity contribution in [3.63, 3.8) is 0 Å². The predicted molar refractivity (Wildman–Crippen MR) is 76.3 cm³/mol. The Kier molecular flexibility index (Phi) is 7.55. The number of carbonyl (C=O) groups is 2. The monoisotopic (exact) mass is 308 g/mol. The summed E-state index contributed by atoms with van der Waals surface area (Å²) >= 11 is 0. The van der Waals surface area contributed by atoms with Crippen molar-refractivity contribution in [2.24, 2.45) is 11.8 Å². The molecule has 0 aliphatic carbocycles. The van der Waals surface area contributed by atoms with Crippen molar-refractivity contribution in [1.29, 1.82) is 0 Å². The van der Waals surface area contributed by atoms with Crippen LogP contribution in [0.4, 0.5) is 4.79 Å². The highest BCUT2D eigenvalue weighted by Gasteiger charge is 2.21. The largest absolute Gasteiger partial charge is 0.480 e. The molecule has 20 heavy (non-hydrogen) atoms. The maximum Gasteiger partial charge on any atom is 0.326 e. The smallest absolute Gasteiger partial charge is 0.326 e. The lowest BCUT2D eigenvalue weighted by atomic mass is 9.98. The van der Waals surface area contributed by atoms with E-state index in [4.69, 9.17) is 5.11 Å². The van der Waals surface area contributed by atoms with E-state index in [0.717, 1.165) is 6.26 Å². The van der Waals surface area contributed by atoms with Gasteiger partial charge in [-0.25, -0.2) is 18.0 Å². The summed E-state index contributed by atoms with van der Waals surface area (Å²) in [5.41, 5.74) is 0. The second-order valence-corrected chi connectivity index (χ2v) is 7.64. The first-order chi connectivity index (χ1) is 9.03. The van der Waals surface area contributed by atoms with E-state index in [1.807, 2.05) is 20.8 Å². The fourth-order valence-electron chi connectivity index (χ4n) is 1.29. The topological polar surface area (TPSA) is 113 Å². The fourth-order valence-corrected chi connectivity index (χ4v) is 1.95. The summed E-state index contributed by atoms with van der Waals surface area (Å²) in [6.45, 7) is 6.46. The molecule has 0 aromatic rings. The number of hydrogen-bond acceptors (Lipinski definition) is 4. The van der Waals surface area contributed by atoms with E-state index >= 15 is 0 Å². The number of sulfone groups is 1. The summed E-state index contributed by atoms with van der Waals surface area (Å²) in [5, 5.41) is 13.8. The standard InChI is InChI=1S/C12H24N2O5S/c1-8(2)9(3)7-13-12(17)14-10(11(15)16)5-6-20(4,18)19/h8-10H,5-7H2,1-4H3,(H,15,16)(H2,13,14,17). The van der Waals surface area contributed by atoms with Crippen molar-refractivity contribution in [1.82, 2.24) is 10.6 Å². The van der Waals surface area contributed by atoms with Crippen LogP contribution in [0.15, 0.2) is 0 Å². The van der Waals surface area contributed by atoms with E-state index in [1.54, 1.807) is 0 Å². The molecule has 118 valence electrons. The number of hydrogen-bond donors (Lipinski definition) is 3. The van der Waals surface area contributed by atoms with Crippen LogP contribution in [0.1, 0.15) is 27.2 Å². The molecule has 0 aromatic carbocycles. The first-order valence-corrected chi connectivity index (χ1v) is 8.54. The Bertz CT molecular complexity index is 433. The summed E-state index contributed by atoms with van der Waals surface area (Å²) in [6.07, 6.45) is 0.873. The highest BCUT2D eigenvalue weighted by molar-refractivity contribution is 7.90. The van der Waals surface area contributed by atoms with E-state index in [0.29, 0.717) is 12.5 Å². The average molecular weight is 308 g/mol. The van der Waals surface area contributed by atoms with Crippen LogP contribution in [-0.4, -0.2) is 50.1 Å². The Morgan fingerprint density at radius 2 is 1.75 bits per heavy atom. The summed E-state index contributed by atoms with van der Waals surface area (Å²) < 4.78 is 22.0. The average Bonchev–Trinajstić information content (AvgIpc) is 2.29. The van der Waals surface area contributed by atoms with Gasteiger partial charge in [-0.15, -0.1) is 0 Å². The molecule has 0 spiro atoms. The zero-order chi connectivity index (χ0) is 15.9. The van der Waals surface area contributed by atoms with E-state index in [1.165, 1.54) is 0 Å². The van der Waals surface area contributed by atoms with E-state index in [-0.39, 0.29) is 18.1 Å². The number of nitrogens with one attached hydrogen (secondary N) is 2. The summed E-state index contributed by atoms with van der Waals surface area (Å²) in [6, 6.07) is -1.81. The van der Waals surface area contributed by atoms with Crippen LogP contribution in [0.5, 0.6) is 0 Å². The molecule has 0 saturated heterocycles. The van der Waals surface area contributed by atoms with Gasteiger partial charge in [0.25, 0.3) is 0 Å². The lowest BCUT2D eigenvalue weighted by Gasteiger charge is -2.18. The van der Waals surface area contributed by atoms with Crippen LogP contribution in [-0.2, 0) is 14.6 Å². The van der Waals surface area contributed by atoms with E-state index in [2.05, 4.69) is 10.6 Å². The maximum absolute atomic E-state index is 11.6. The molecule has 0 fully saturated rings. The minimum Gasteiger partial charge on any atom is -0.480 e. The van der Waals surface area contributed by atoms with Gasteiger partial charge in [-0.05, 0) is 18.3 Å². The summed E-state index contributed by atoms with van der Waals surface area (Å²) in [7, 11) is -3.26. The Balaban J connectivity index is 4.32. The molecule has 0 bridgehead atoms. The van der Waals surface area contributed by atoms with Gasteiger partial charge in [0.1, 0.15) is 15.9 Å². The third kappa shape index (κ3) is 8.73. The molecule has 0 aromatic heterocycles. The van der Waals surface area contributed by atoms with Gasteiger partial charge in [0, 0.05) is 12.8 Å². The Hall–Kier alpha value is -1.31. The molecular formula is C12H24N2O5S. The van der Waals surface area contributed by atoms with Crippen molar-refractivity contribution in [2.75, 3.05) is 18.6 Å². The fraction of sp³-hybridized carbons (Fsp3) is 0.833. The van der Waals surface area contributed by atoms with Crippen LogP contribution in [0.25, 0.3) is 0 Å². The number of carboxylic acid groups (broad SMARTS) is 1. The van der Waals surface area contributed by atoms with Crippen LogP contribution in [0.3, 0.4) is 0 Å². The lowest BCUT2D eigenvalue weighted by molar-refractivity contribution is -0.139. The van der Waals surface area contributed by atoms with Crippen molar-refractivity contribution >= 4 is 21.8 Å². The molecule has 2 amide bonds. The normalized spacial score (nSPS) is 14.7. The Labute approximate surface area is 120 Å². The molecule has 0 saturated carbocycles. The van der Waals surface area contributed by atoms with Crippen LogP contribution >= 0.6 is 0 Å². The number of amides is 2. The van der Waals surface area contributed by atoms with Gasteiger partial charge in [0.2, 0.25) is 0 Å². The SMILES string of the molecule is CC(C)C(C)CNC(=O)NC(CCS(C)(=O)=O)C(=O)O. The van der Waals surface area contributed by atoms with Gasteiger partial charge in [-0.2, -0.15) is 0 Å². The molecule has 3 N–H and O–H groups in total. The van der Waals surface area contributed by atoms with Gasteiger partial charge in [0.15, 0.2) is 0 Å². The van der Waals surface area contributed by atoms with Gasteiger partial charge < -0.3 is 15.7 Å². The van der Waals surface area contributed by atoms with Gasteiger partial charge in [-0.3, -0.25) is 0 Å². The highest BCUT2D eigenvalue weighted by atomic mass is 32.2. The van der Waals surface area contributed by atoms with E-state index in [9.17, 15) is 18.0 Å². The Morgan fingerprint density at radius 1 is 1.20 bits per heavy atom. The van der Waals surface area contributed by atoms with Crippen LogP contribution < -0.4 is 10.6 Å². The van der Waals surface area contributed by atoms with Gasteiger partial charge in [-0.1, -0.05) is 20.8 Å². The zero-order valence-electron chi connectivity index (χ0n) is 12.3. The number of carboxylic acids is 1. The van der Waals surface area contributed by atoms with Crippen molar-refractivity contribution in [3.05, 3.63) is 0 Å². The van der Waals surface area contributed by atoms with Gasteiger partial charge >= 0.3 is 12.0 Å². The molecule has 0 radical (unpaired) electrons. The third-order valence-electron chi connectivity index (χ3n) is 3.10. The van der Waals surface area contributed by atoms with Crippen molar-refractivity contribution in [2.45, 2.75) is 33.2 Å². The molecular weight excluding hydrogens is 284 g/mol. The van der Waals surface area contributed by atoms with E-state index < -0.39 is 27.9 Å². The van der Waals surface area contributed by atoms with Gasteiger partial charge in [0.05, 0.1) is 5.75 Å². The molecule has 7 nitrogen and oxygen atoms in total. The molecule has 0 rings (SSSR count). The molecule has 0 aliphatic heterocycles. The minimum absolute atomic E-state index is 0.151. The van der Waals surface area contributed by atoms with Crippen LogP contribution in [0.2, 0.25) is 0 Å². The highest BCUT2D eigenvalue weighted by Crippen LogP contribution is 2.07. The number of urea groups is 1. The number of aliphatic carboxylic acids is 1. The first kappa shape index (κ1) is 18.7. The van der Waals surface area contributed by atoms with Crippen molar-refractivity contribution in [3.8, 4) is 0 Å². The molecule has 0 aliphatic rings. The second kappa shape index (κ2) is 8.08. The van der Waals surface area contributed by atoms with Crippen LogP contribution in [0, 0.1) is 11.8 Å². The maximum atomic E-state index is 11.6. The molecule has 0 heterocycles. The summed E-state index contributed by atoms with van der Waals surface area (Å²) in [4.78, 5) is 22.5. The first-order valence-electron chi connectivity index (χ1n) is 6.47. The predicted octanol–water partition coefficient (Wildman–Crippen LogP) is 0.466. The third-order valence-corrected chi connectivity index (χ3v) is 4.08. The molecule has 8 heteroatoms. The number of rotatable bonds is 8. The lowest BCUT2D eigenvalue weighted by Crippen LogP contribution is -2.47. The molecule has 2 unspecified atom stereocenters. The van der Waals surface area contributed by atoms with Crippen molar-refractivity contribution < 1.29 is 23.1 Å². The minimum atomic E-state index is -3.26. The summed E-state index contributed by atoms with van der Waals surface area (Å²) in [5.74, 6) is -0.872.